The SMILES string of the molecule is CC(C)c1nc2cc(O)ccc2c(=O)n1-c1ccc(Br)nc1. The summed E-state index contributed by atoms with van der Waals surface area (Å²) in [6, 6.07) is 8.19. The molecule has 6 heteroatoms. The minimum atomic E-state index is -0.169. The lowest BCUT2D eigenvalue weighted by atomic mass is 10.1. The van der Waals surface area contributed by atoms with E-state index in [-0.39, 0.29) is 17.2 Å². The Morgan fingerprint density at radius 1 is 1.23 bits per heavy atom. The summed E-state index contributed by atoms with van der Waals surface area (Å²) in [5.74, 6) is 0.771. The summed E-state index contributed by atoms with van der Waals surface area (Å²) < 4.78 is 2.28. The molecule has 3 rings (SSSR count). The number of hydrogen-bond donors (Lipinski definition) is 1. The van der Waals surface area contributed by atoms with Crippen LogP contribution in [0.4, 0.5) is 0 Å². The molecule has 0 unspecified atom stereocenters. The first-order valence-electron chi connectivity index (χ1n) is 6.85. The van der Waals surface area contributed by atoms with Crippen LogP contribution < -0.4 is 5.56 Å². The third-order valence-electron chi connectivity index (χ3n) is 3.37. The van der Waals surface area contributed by atoms with Gasteiger partial charge in [0.15, 0.2) is 0 Å². The molecule has 5 nitrogen and oxygen atoms in total. The van der Waals surface area contributed by atoms with Gasteiger partial charge in [-0.1, -0.05) is 13.8 Å². The summed E-state index contributed by atoms with van der Waals surface area (Å²) in [6.45, 7) is 3.94. The second-order valence-electron chi connectivity index (χ2n) is 5.31. The molecule has 0 amide bonds. The molecule has 2 aromatic heterocycles. The number of aromatic hydroxyl groups is 1. The molecular weight excluding hydrogens is 346 g/mol. The molecule has 0 atom stereocenters. The third kappa shape index (κ3) is 2.50. The first-order chi connectivity index (χ1) is 10.5. The number of halogens is 1. The standard InChI is InChI=1S/C16H14BrN3O2/c1-9(2)15-19-13-7-11(21)4-5-12(13)16(22)20(15)10-3-6-14(17)18-8-10/h3-9,21H,1-2H3. The summed E-state index contributed by atoms with van der Waals surface area (Å²) in [5, 5.41) is 10.1. The predicted molar refractivity (Wildman–Crippen MR) is 88.6 cm³/mol. The minimum absolute atomic E-state index is 0.0445. The Morgan fingerprint density at radius 2 is 2.00 bits per heavy atom. The van der Waals surface area contributed by atoms with Gasteiger partial charge in [-0.15, -0.1) is 0 Å². The van der Waals surface area contributed by atoms with E-state index in [1.165, 1.54) is 12.1 Å². The van der Waals surface area contributed by atoms with Crippen LogP contribution in [0.5, 0.6) is 5.75 Å². The number of hydrogen-bond acceptors (Lipinski definition) is 4. The van der Waals surface area contributed by atoms with E-state index in [2.05, 4.69) is 25.9 Å². The maximum absolute atomic E-state index is 12.9. The van der Waals surface area contributed by atoms with Crippen molar-refractivity contribution in [3.05, 3.63) is 57.3 Å². The highest BCUT2D eigenvalue weighted by Gasteiger charge is 2.15. The van der Waals surface area contributed by atoms with Crippen molar-refractivity contribution in [2.45, 2.75) is 19.8 Å². The van der Waals surface area contributed by atoms with Gasteiger partial charge in [-0.3, -0.25) is 9.36 Å². The van der Waals surface area contributed by atoms with Gasteiger partial charge in [-0.05, 0) is 40.2 Å². The van der Waals surface area contributed by atoms with E-state index in [9.17, 15) is 9.90 Å². The average molecular weight is 360 g/mol. The summed E-state index contributed by atoms with van der Waals surface area (Å²) in [5.41, 5.74) is 0.993. The largest absolute Gasteiger partial charge is 0.508 e. The van der Waals surface area contributed by atoms with Gasteiger partial charge in [0, 0.05) is 12.0 Å². The molecule has 2 heterocycles. The van der Waals surface area contributed by atoms with Gasteiger partial charge in [-0.2, -0.15) is 0 Å². The monoisotopic (exact) mass is 359 g/mol. The van der Waals surface area contributed by atoms with Crippen molar-refractivity contribution in [3.63, 3.8) is 0 Å². The van der Waals surface area contributed by atoms with Gasteiger partial charge in [0.1, 0.15) is 16.2 Å². The van der Waals surface area contributed by atoms with Crippen molar-refractivity contribution in [3.8, 4) is 11.4 Å². The number of pyridine rings is 1. The van der Waals surface area contributed by atoms with Crippen LogP contribution in [0.1, 0.15) is 25.6 Å². The van der Waals surface area contributed by atoms with Gasteiger partial charge in [0.25, 0.3) is 5.56 Å². The van der Waals surface area contributed by atoms with Crippen LogP contribution in [0.3, 0.4) is 0 Å². The molecule has 3 aromatic rings. The smallest absolute Gasteiger partial charge is 0.266 e. The number of phenols is 1. The third-order valence-corrected chi connectivity index (χ3v) is 3.83. The first kappa shape index (κ1) is 14.7. The second kappa shape index (κ2) is 5.53. The zero-order valence-corrected chi connectivity index (χ0v) is 13.7. The summed E-state index contributed by atoms with van der Waals surface area (Å²) >= 11 is 3.29. The minimum Gasteiger partial charge on any atom is -0.508 e. The van der Waals surface area contributed by atoms with Gasteiger partial charge < -0.3 is 5.11 Å². The van der Waals surface area contributed by atoms with Crippen LogP contribution in [0.15, 0.2) is 45.9 Å². The van der Waals surface area contributed by atoms with E-state index in [0.717, 1.165) is 0 Å². The highest BCUT2D eigenvalue weighted by molar-refractivity contribution is 9.10. The van der Waals surface area contributed by atoms with Gasteiger partial charge in [0.05, 0.1) is 22.8 Å². The summed E-state index contributed by atoms with van der Waals surface area (Å²) in [6.07, 6.45) is 1.63. The molecule has 112 valence electrons. The number of nitrogens with zero attached hydrogens (tertiary/aromatic N) is 3. The van der Waals surface area contributed by atoms with Crippen LogP contribution in [0.25, 0.3) is 16.6 Å². The van der Waals surface area contributed by atoms with Crippen molar-refractivity contribution in [1.29, 1.82) is 0 Å². The fourth-order valence-electron chi connectivity index (χ4n) is 2.33. The number of benzene rings is 1. The molecule has 0 aliphatic rings. The Hall–Kier alpha value is -2.21. The van der Waals surface area contributed by atoms with Crippen molar-refractivity contribution >= 4 is 26.8 Å². The fraction of sp³-hybridized carbons (Fsp3) is 0.188. The molecule has 0 aliphatic carbocycles. The topological polar surface area (TPSA) is 68.0 Å². The van der Waals surface area contributed by atoms with Crippen LogP contribution in [-0.4, -0.2) is 19.6 Å². The fourth-order valence-corrected chi connectivity index (χ4v) is 2.56. The molecule has 22 heavy (non-hydrogen) atoms. The number of rotatable bonds is 2. The quantitative estimate of drug-likeness (QED) is 0.712. The molecule has 1 aromatic carbocycles. The van der Waals surface area contributed by atoms with Crippen LogP contribution in [0, 0.1) is 0 Å². The molecule has 0 spiro atoms. The maximum atomic E-state index is 12.9. The van der Waals surface area contributed by atoms with Gasteiger partial charge >= 0.3 is 0 Å². The van der Waals surface area contributed by atoms with Crippen molar-refractivity contribution < 1.29 is 5.11 Å². The van der Waals surface area contributed by atoms with Gasteiger partial charge in [0.2, 0.25) is 0 Å². The lowest BCUT2D eigenvalue weighted by molar-refractivity contribution is 0.476. The van der Waals surface area contributed by atoms with E-state index in [1.54, 1.807) is 22.9 Å². The summed E-state index contributed by atoms with van der Waals surface area (Å²) in [7, 11) is 0. The van der Waals surface area contributed by atoms with E-state index in [1.807, 2.05) is 19.9 Å². The normalized spacial score (nSPS) is 11.3. The first-order valence-corrected chi connectivity index (χ1v) is 7.64. The maximum Gasteiger partial charge on any atom is 0.266 e. The Morgan fingerprint density at radius 3 is 2.64 bits per heavy atom. The lowest BCUT2D eigenvalue weighted by Crippen LogP contribution is -2.24. The number of fused-ring (bicyclic) bond motifs is 1. The highest BCUT2D eigenvalue weighted by Crippen LogP contribution is 2.21. The van der Waals surface area contributed by atoms with Crippen LogP contribution in [-0.2, 0) is 0 Å². The predicted octanol–water partition coefficient (Wildman–Crippen LogP) is 3.37. The number of phenolic OH excluding ortho intramolecular Hbond substituents is 1. The van der Waals surface area contributed by atoms with E-state index < -0.39 is 0 Å². The van der Waals surface area contributed by atoms with Gasteiger partial charge in [-0.25, -0.2) is 9.97 Å². The second-order valence-corrected chi connectivity index (χ2v) is 6.12. The summed E-state index contributed by atoms with van der Waals surface area (Å²) in [4.78, 5) is 21.6. The molecule has 0 saturated heterocycles. The molecule has 0 bridgehead atoms. The van der Waals surface area contributed by atoms with Crippen LogP contribution in [0.2, 0.25) is 0 Å². The average Bonchev–Trinajstić information content (AvgIpc) is 2.48. The Bertz CT molecular complexity index is 902. The number of aromatic nitrogens is 3. The van der Waals surface area contributed by atoms with Crippen molar-refractivity contribution in [2.75, 3.05) is 0 Å². The van der Waals surface area contributed by atoms with E-state index >= 15 is 0 Å². The molecule has 0 aliphatic heterocycles. The van der Waals surface area contributed by atoms with E-state index in [4.69, 9.17) is 0 Å². The Kier molecular flexibility index (Phi) is 3.70. The van der Waals surface area contributed by atoms with Crippen molar-refractivity contribution in [1.82, 2.24) is 14.5 Å². The molecule has 0 fully saturated rings. The Labute approximate surface area is 135 Å². The molecule has 0 radical (unpaired) electrons. The molecule has 1 N–H and O–H groups in total. The zero-order valence-electron chi connectivity index (χ0n) is 12.1. The lowest BCUT2D eigenvalue weighted by Gasteiger charge is -2.15. The molecular formula is C16H14BrN3O2. The highest BCUT2D eigenvalue weighted by atomic mass is 79.9. The zero-order chi connectivity index (χ0) is 15.9. The molecule has 0 saturated carbocycles. The van der Waals surface area contributed by atoms with E-state index in [0.29, 0.717) is 27.0 Å². The van der Waals surface area contributed by atoms with Crippen molar-refractivity contribution in [2.24, 2.45) is 0 Å². The van der Waals surface area contributed by atoms with Crippen LogP contribution >= 0.6 is 15.9 Å². The Balaban J connectivity index is 2.39.